The van der Waals surface area contributed by atoms with Gasteiger partial charge in [-0.3, -0.25) is 4.79 Å². The SMILES string of the molecule is COc1ccccc1C=NNC(=O)COc1cc(C)nc(SCc2ccccc2)n1. The number of nitrogens with zero attached hydrogens (tertiary/aromatic N) is 3. The molecular weight excluding hydrogens is 400 g/mol. The van der Waals surface area contributed by atoms with Crippen molar-refractivity contribution in [1.29, 1.82) is 0 Å². The Hall–Kier alpha value is -3.39. The molecule has 0 spiro atoms. The van der Waals surface area contributed by atoms with E-state index in [-0.39, 0.29) is 6.61 Å². The zero-order valence-corrected chi connectivity index (χ0v) is 17.6. The second-order valence-corrected chi connectivity index (χ2v) is 7.17. The van der Waals surface area contributed by atoms with Crippen LogP contribution in [0.4, 0.5) is 0 Å². The van der Waals surface area contributed by atoms with Crippen LogP contribution in [-0.4, -0.2) is 35.8 Å². The van der Waals surface area contributed by atoms with Gasteiger partial charge in [-0.15, -0.1) is 0 Å². The van der Waals surface area contributed by atoms with Gasteiger partial charge in [0.25, 0.3) is 5.91 Å². The third kappa shape index (κ3) is 6.59. The fourth-order valence-electron chi connectivity index (χ4n) is 2.49. The molecule has 2 aromatic carbocycles. The summed E-state index contributed by atoms with van der Waals surface area (Å²) in [6.07, 6.45) is 1.52. The Kier molecular flexibility index (Phi) is 7.79. The average molecular weight is 423 g/mol. The highest BCUT2D eigenvalue weighted by Gasteiger charge is 2.07. The Morgan fingerprint density at radius 1 is 1.13 bits per heavy atom. The number of ether oxygens (including phenoxy) is 2. The van der Waals surface area contributed by atoms with Crippen molar-refractivity contribution in [2.45, 2.75) is 17.8 Å². The van der Waals surface area contributed by atoms with Gasteiger partial charge in [-0.05, 0) is 24.6 Å². The predicted octanol–water partition coefficient (Wildman–Crippen LogP) is 3.62. The maximum atomic E-state index is 12.0. The van der Waals surface area contributed by atoms with E-state index in [0.29, 0.717) is 16.8 Å². The van der Waals surface area contributed by atoms with E-state index in [0.717, 1.165) is 17.0 Å². The Labute approximate surface area is 179 Å². The first-order chi connectivity index (χ1) is 14.6. The number of rotatable bonds is 9. The normalized spacial score (nSPS) is 10.7. The molecular formula is C22H22N4O3S. The van der Waals surface area contributed by atoms with Crippen molar-refractivity contribution in [3.63, 3.8) is 0 Å². The van der Waals surface area contributed by atoms with Gasteiger partial charge in [0.2, 0.25) is 5.88 Å². The standard InChI is InChI=1S/C22H22N4O3S/c1-16-12-21(25-22(24-16)30-15-17-8-4-3-5-9-17)29-14-20(27)26-23-13-18-10-6-7-11-19(18)28-2/h3-13H,14-15H2,1-2H3,(H,26,27). The van der Waals surface area contributed by atoms with Crippen LogP contribution in [0.25, 0.3) is 0 Å². The molecule has 3 aromatic rings. The number of hydrazone groups is 1. The molecule has 1 heterocycles. The minimum atomic E-state index is -0.393. The fourth-order valence-corrected chi connectivity index (χ4v) is 3.34. The van der Waals surface area contributed by atoms with E-state index < -0.39 is 5.91 Å². The second-order valence-electron chi connectivity index (χ2n) is 6.23. The van der Waals surface area contributed by atoms with Crippen LogP contribution in [0, 0.1) is 6.92 Å². The number of methoxy groups -OCH3 is 1. The number of carbonyl (C=O) groups is 1. The minimum Gasteiger partial charge on any atom is -0.496 e. The molecule has 154 valence electrons. The topological polar surface area (TPSA) is 85.7 Å². The first kappa shape index (κ1) is 21.3. The number of benzene rings is 2. The maximum absolute atomic E-state index is 12.0. The average Bonchev–Trinajstić information content (AvgIpc) is 2.77. The number of para-hydroxylation sites is 1. The lowest BCUT2D eigenvalue weighted by atomic mass is 10.2. The lowest BCUT2D eigenvalue weighted by molar-refractivity contribution is -0.123. The van der Waals surface area contributed by atoms with Crippen molar-refractivity contribution in [3.05, 3.63) is 77.5 Å². The van der Waals surface area contributed by atoms with Crippen LogP contribution in [0.5, 0.6) is 11.6 Å². The zero-order valence-electron chi connectivity index (χ0n) is 16.7. The number of aromatic nitrogens is 2. The van der Waals surface area contributed by atoms with E-state index in [4.69, 9.17) is 9.47 Å². The quantitative estimate of drug-likeness (QED) is 0.245. The first-order valence-electron chi connectivity index (χ1n) is 9.24. The summed E-state index contributed by atoms with van der Waals surface area (Å²) in [6, 6.07) is 19.1. The smallest absolute Gasteiger partial charge is 0.278 e. The van der Waals surface area contributed by atoms with Crippen molar-refractivity contribution in [3.8, 4) is 11.6 Å². The van der Waals surface area contributed by atoms with Crippen LogP contribution in [0.2, 0.25) is 0 Å². The summed E-state index contributed by atoms with van der Waals surface area (Å²) < 4.78 is 10.7. The largest absolute Gasteiger partial charge is 0.496 e. The van der Waals surface area contributed by atoms with E-state index >= 15 is 0 Å². The minimum absolute atomic E-state index is 0.206. The summed E-state index contributed by atoms with van der Waals surface area (Å²) in [6.45, 7) is 1.65. The second kappa shape index (κ2) is 11.0. The summed E-state index contributed by atoms with van der Waals surface area (Å²) in [5.41, 5.74) is 5.14. The molecule has 30 heavy (non-hydrogen) atoms. The van der Waals surface area contributed by atoms with Gasteiger partial charge in [-0.2, -0.15) is 10.1 Å². The van der Waals surface area contributed by atoms with Crippen LogP contribution in [0.1, 0.15) is 16.8 Å². The molecule has 0 fully saturated rings. The first-order valence-corrected chi connectivity index (χ1v) is 10.2. The van der Waals surface area contributed by atoms with Crippen molar-refractivity contribution in [1.82, 2.24) is 15.4 Å². The summed E-state index contributed by atoms with van der Waals surface area (Å²) in [5.74, 6) is 1.38. The zero-order chi connectivity index (χ0) is 21.2. The number of amides is 1. The Balaban J connectivity index is 1.51. The third-order valence-electron chi connectivity index (χ3n) is 3.90. The lowest BCUT2D eigenvalue weighted by Crippen LogP contribution is -2.25. The van der Waals surface area contributed by atoms with Gasteiger partial charge < -0.3 is 9.47 Å². The van der Waals surface area contributed by atoms with Gasteiger partial charge in [0.15, 0.2) is 11.8 Å². The molecule has 1 aromatic heterocycles. The maximum Gasteiger partial charge on any atom is 0.278 e. The van der Waals surface area contributed by atoms with Crippen molar-refractivity contribution >= 4 is 23.9 Å². The molecule has 0 radical (unpaired) electrons. The van der Waals surface area contributed by atoms with E-state index in [9.17, 15) is 4.79 Å². The van der Waals surface area contributed by atoms with Crippen molar-refractivity contribution in [2.75, 3.05) is 13.7 Å². The van der Waals surface area contributed by atoms with E-state index in [1.807, 2.05) is 49.4 Å². The van der Waals surface area contributed by atoms with E-state index in [1.54, 1.807) is 13.2 Å². The van der Waals surface area contributed by atoms with Crippen LogP contribution in [-0.2, 0) is 10.5 Å². The molecule has 3 rings (SSSR count). The summed E-state index contributed by atoms with van der Waals surface area (Å²) in [5, 5.41) is 4.54. The highest BCUT2D eigenvalue weighted by molar-refractivity contribution is 7.98. The molecule has 0 unspecified atom stereocenters. The molecule has 0 saturated carbocycles. The van der Waals surface area contributed by atoms with E-state index in [2.05, 4.69) is 32.6 Å². The van der Waals surface area contributed by atoms with Crippen molar-refractivity contribution < 1.29 is 14.3 Å². The van der Waals surface area contributed by atoms with Gasteiger partial charge in [-0.25, -0.2) is 10.4 Å². The van der Waals surface area contributed by atoms with Gasteiger partial charge >= 0.3 is 0 Å². The molecule has 0 aliphatic rings. The van der Waals surface area contributed by atoms with E-state index in [1.165, 1.54) is 23.5 Å². The number of nitrogens with one attached hydrogen (secondary N) is 1. The lowest BCUT2D eigenvalue weighted by Gasteiger charge is -2.07. The van der Waals surface area contributed by atoms with Crippen LogP contribution >= 0.6 is 11.8 Å². The molecule has 0 aliphatic heterocycles. The molecule has 8 heteroatoms. The summed E-state index contributed by atoms with van der Waals surface area (Å²) in [4.78, 5) is 20.8. The van der Waals surface area contributed by atoms with Crippen molar-refractivity contribution in [2.24, 2.45) is 5.10 Å². The molecule has 1 amide bonds. The number of hydrogen-bond acceptors (Lipinski definition) is 7. The van der Waals surface area contributed by atoms with Gasteiger partial charge in [0.05, 0.1) is 13.3 Å². The number of carbonyl (C=O) groups excluding carboxylic acids is 1. The highest BCUT2D eigenvalue weighted by atomic mass is 32.2. The Morgan fingerprint density at radius 3 is 2.70 bits per heavy atom. The third-order valence-corrected chi connectivity index (χ3v) is 4.82. The summed E-state index contributed by atoms with van der Waals surface area (Å²) >= 11 is 1.51. The molecule has 7 nitrogen and oxygen atoms in total. The monoisotopic (exact) mass is 422 g/mol. The fraction of sp³-hybridized carbons (Fsp3) is 0.182. The van der Waals surface area contributed by atoms with Gasteiger partial charge in [-0.1, -0.05) is 54.2 Å². The molecule has 0 aliphatic carbocycles. The molecule has 0 saturated heterocycles. The number of aryl methyl sites for hydroxylation is 1. The summed E-state index contributed by atoms with van der Waals surface area (Å²) in [7, 11) is 1.58. The van der Waals surface area contributed by atoms with Crippen LogP contribution in [0.15, 0.2) is 70.9 Å². The predicted molar refractivity (Wildman–Crippen MR) is 117 cm³/mol. The molecule has 1 N–H and O–H groups in total. The van der Waals surface area contributed by atoms with Crippen LogP contribution < -0.4 is 14.9 Å². The Morgan fingerprint density at radius 2 is 1.90 bits per heavy atom. The van der Waals surface area contributed by atoms with Crippen LogP contribution in [0.3, 0.4) is 0 Å². The molecule has 0 atom stereocenters. The highest BCUT2D eigenvalue weighted by Crippen LogP contribution is 2.22. The molecule has 0 bridgehead atoms. The Bertz CT molecular complexity index is 1010. The van der Waals surface area contributed by atoms with Gasteiger partial charge in [0, 0.05) is 23.1 Å². The van der Waals surface area contributed by atoms with Gasteiger partial charge in [0.1, 0.15) is 5.75 Å². The number of hydrogen-bond donors (Lipinski definition) is 1. The number of thioether (sulfide) groups is 1.